The van der Waals surface area contributed by atoms with Crippen molar-refractivity contribution in [2.24, 2.45) is 0 Å². The second kappa shape index (κ2) is 5.46. The number of carbonyl (C=O) groups excluding carboxylic acids is 2. The molecule has 3 N–H and O–H groups in total. The molecule has 1 aliphatic rings. The van der Waals surface area contributed by atoms with Crippen molar-refractivity contribution in [3.63, 3.8) is 0 Å². The van der Waals surface area contributed by atoms with Gasteiger partial charge in [0.1, 0.15) is 17.9 Å². The minimum absolute atomic E-state index is 0.208. The SMILES string of the molecule is CC1(C)C(=O)C(C(=O)NCC(=O)O)=C(O)c2c(Cl)cccc21. The van der Waals surface area contributed by atoms with Gasteiger partial charge in [-0.2, -0.15) is 0 Å². The number of rotatable bonds is 3. The Morgan fingerprint density at radius 2 is 1.95 bits per heavy atom. The van der Waals surface area contributed by atoms with E-state index in [1.54, 1.807) is 26.0 Å². The molecule has 0 spiro atoms. The summed E-state index contributed by atoms with van der Waals surface area (Å²) >= 11 is 6.08. The van der Waals surface area contributed by atoms with E-state index in [1.807, 2.05) is 0 Å². The number of ketones is 1. The van der Waals surface area contributed by atoms with E-state index in [-0.39, 0.29) is 10.6 Å². The molecule has 0 saturated heterocycles. The Morgan fingerprint density at radius 3 is 2.55 bits per heavy atom. The fourth-order valence-corrected chi connectivity index (χ4v) is 2.67. The molecular weight excluding hydrogens is 310 g/mol. The first-order chi connectivity index (χ1) is 10.2. The standard InChI is InChI=1S/C15H14ClNO5/c1-15(2)7-4-3-5-8(16)10(7)12(20)11(13(15)21)14(22)17-6-9(18)19/h3-5,20H,6H2,1-2H3,(H,17,22)(H,18,19). The van der Waals surface area contributed by atoms with E-state index in [1.165, 1.54) is 6.07 Å². The molecule has 1 aromatic carbocycles. The quantitative estimate of drug-likeness (QED) is 0.734. The van der Waals surface area contributed by atoms with E-state index in [0.717, 1.165) is 0 Å². The summed E-state index contributed by atoms with van der Waals surface area (Å²) in [6.07, 6.45) is 0. The number of hydrogen-bond acceptors (Lipinski definition) is 4. The summed E-state index contributed by atoms with van der Waals surface area (Å²) in [5, 5.41) is 21.2. The highest BCUT2D eigenvalue weighted by Gasteiger charge is 2.43. The number of halogens is 1. The van der Waals surface area contributed by atoms with Gasteiger partial charge in [-0.05, 0) is 25.5 Å². The van der Waals surface area contributed by atoms with Gasteiger partial charge in [0, 0.05) is 5.56 Å². The smallest absolute Gasteiger partial charge is 0.322 e. The summed E-state index contributed by atoms with van der Waals surface area (Å²) in [6, 6.07) is 4.84. The lowest BCUT2D eigenvalue weighted by Gasteiger charge is -2.32. The number of amides is 1. The van der Waals surface area contributed by atoms with Crippen LogP contribution in [0.15, 0.2) is 23.8 Å². The van der Waals surface area contributed by atoms with Crippen LogP contribution in [0.3, 0.4) is 0 Å². The van der Waals surface area contributed by atoms with Crippen LogP contribution in [-0.4, -0.2) is 34.4 Å². The van der Waals surface area contributed by atoms with Gasteiger partial charge < -0.3 is 15.5 Å². The van der Waals surface area contributed by atoms with Crippen LogP contribution < -0.4 is 5.32 Å². The number of carboxylic acid groups (broad SMARTS) is 1. The monoisotopic (exact) mass is 323 g/mol. The van der Waals surface area contributed by atoms with Gasteiger partial charge in [0.05, 0.1) is 10.4 Å². The summed E-state index contributed by atoms with van der Waals surface area (Å²) in [5.74, 6) is -3.33. The maximum absolute atomic E-state index is 12.5. The van der Waals surface area contributed by atoms with Gasteiger partial charge in [-0.1, -0.05) is 23.7 Å². The van der Waals surface area contributed by atoms with Gasteiger partial charge in [0.2, 0.25) is 0 Å². The molecule has 6 nitrogen and oxygen atoms in total. The third-order valence-electron chi connectivity index (χ3n) is 3.58. The van der Waals surface area contributed by atoms with E-state index >= 15 is 0 Å². The van der Waals surface area contributed by atoms with E-state index in [0.29, 0.717) is 5.56 Å². The summed E-state index contributed by atoms with van der Waals surface area (Å²) in [5.41, 5.74) is -0.819. The van der Waals surface area contributed by atoms with Crippen molar-refractivity contribution in [2.45, 2.75) is 19.3 Å². The molecule has 116 valence electrons. The molecule has 2 rings (SSSR count). The van der Waals surface area contributed by atoms with E-state index < -0.39 is 41.0 Å². The molecule has 1 aliphatic carbocycles. The molecule has 1 aromatic rings. The Kier molecular flexibility index (Phi) is 3.98. The summed E-state index contributed by atoms with van der Waals surface area (Å²) in [4.78, 5) is 35.2. The van der Waals surface area contributed by atoms with E-state index in [4.69, 9.17) is 16.7 Å². The number of hydrogen-bond donors (Lipinski definition) is 3. The van der Waals surface area contributed by atoms with Crippen LogP contribution in [0.25, 0.3) is 5.76 Å². The van der Waals surface area contributed by atoms with Crippen molar-refractivity contribution >= 4 is 35.0 Å². The van der Waals surface area contributed by atoms with Crippen LogP contribution in [0.4, 0.5) is 0 Å². The first-order valence-electron chi connectivity index (χ1n) is 6.45. The minimum atomic E-state index is -1.26. The van der Waals surface area contributed by atoms with Gasteiger partial charge >= 0.3 is 5.97 Å². The fourth-order valence-electron chi connectivity index (χ4n) is 2.41. The van der Waals surface area contributed by atoms with E-state index in [2.05, 4.69) is 5.32 Å². The summed E-state index contributed by atoms with van der Waals surface area (Å²) in [6.45, 7) is 2.57. The Balaban J connectivity index is 2.60. The number of aliphatic hydroxyl groups is 1. The zero-order chi connectivity index (χ0) is 16.7. The highest BCUT2D eigenvalue weighted by molar-refractivity contribution is 6.35. The molecule has 0 radical (unpaired) electrons. The Hall–Kier alpha value is -2.34. The fraction of sp³-hybridized carbons (Fsp3) is 0.267. The lowest BCUT2D eigenvalue weighted by Crippen LogP contribution is -2.42. The highest BCUT2D eigenvalue weighted by Crippen LogP contribution is 2.42. The lowest BCUT2D eigenvalue weighted by molar-refractivity contribution is -0.138. The van der Waals surface area contributed by atoms with Crippen molar-refractivity contribution in [2.75, 3.05) is 6.54 Å². The second-order valence-corrected chi connectivity index (χ2v) is 5.82. The molecule has 0 saturated carbocycles. The minimum Gasteiger partial charge on any atom is -0.506 e. The number of aliphatic carboxylic acids is 1. The van der Waals surface area contributed by atoms with Gasteiger partial charge in [0.25, 0.3) is 5.91 Å². The first kappa shape index (κ1) is 16.0. The van der Waals surface area contributed by atoms with Gasteiger partial charge in [-0.15, -0.1) is 0 Å². The second-order valence-electron chi connectivity index (χ2n) is 5.42. The van der Waals surface area contributed by atoms with Crippen molar-refractivity contribution in [1.82, 2.24) is 5.32 Å². The number of fused-ring (bicyclic) bond motifs is 1. The average Bonchev–Trinajstić information content (AvgIpc) is 2.43. The molecule has 22 heavy (non-hydrogen) atoms. The Morgan fingerprint density at radius 1 is 1.32 bits per heavy atom. The topological polar surface area (TPSA) is 104 Å². The molecule has 1 amide bonds. The molecule has 0 bridgehead atoms. The number of carbonyl (C=O) groups is 3. The summed E-state index contributed by atoms with van der Waals surface area (Å²) in [7, 11) is 0. The molecule has 0 heterocycles. The number of benzene rings is 1. The van der Waals surface area contributed by atoms with Crippen LogP contribution in [-0.2, 0) is 19.8 Å². The maximum atomic E-state index is 12.5. The van der Waals surface area contributed by atoms with E-state index in [9.17, 15) is 19.5 Å². The number of Topliss-reactive ketones (excluding diaryl/α,β-unsaturated/α-hetero) is 1. The molecule has 0 aromatic heterocycles. The number of carboxylic acids is 1. The third kappa shape index (κ3) is 2.46. The van der Waals surface area contributed by atoms with Crippen molar-refractivity contribution < 1.29 is 24.6 Å². The predicted molar refractivity (Wildman–Crippen MR) is 79.7 cm³/mol. The number of nitrogens with one attached hydrogen (secondary N) is 1. The van der Waals surface area contributed by atoms with Gasteiger partial charge in [-0.3, -0.25) is 14.4 Å². The average molecular weight is 324 g/mol. The third-order valence-corrected chi connectivity index (χ3v) is 3.90. The lowest BCUT2D eigenvalue weighted by atomic mass is 9.71. The van der Waals surface area contributed by atoms with Crippen molar-refractivity contribution in [1.29, 1.82) is 0 Å². The normalized spacial score (nSPS) is 16.2. The number of aliphatic hydroxyl groups excluding tert-OH is 1. The highest BCUT2D eigenvalue weighted by atomic mass is 35.5. The van der Waals surface area contributed by atoms with Crippen LogP contribution in [0, 0.1) is 0 Å². The predicted octanol–water partition coefficient (Wildman–Crippen LogP) is 1.67. The first-order valence-corrected chi connectivity index (χ1v) is 6.83. The molecule has 0 aliphatic heterocycles. The molecule has 0 fully saturated rings. The van der Waals surface area contributed by atoms with Crippen LogP contribution >= 0.6 is 11.6 Å². The zero-order valence-corrected chi connectivity index (χ0v) is 12.7. The largest absolute Gasteiger partial charge is 0.506 e. The maximum Gasteiger partial charge on any atom is 0.322 e. The molecule has 0 unspecified atom stereocenters. The van der Waals surface area contributed by atoms with Crippen molar-refractivity contribution in [3.8, 4) is 0 Å². The zero-order valence-electron chi connectivity index (χ0n) is 11.9. The van der Waals surface area contributed by atoms with Gasteiger partial charge in [0.15, 0.2) is 5.78 Å². The molecule has 0 atom stereocenters. The van der Waals surface area contributed by atoms with Crippen LogP contribution in [0.5, 0.6) is 0 Å². The summed E-state index contributed by atoms with van der Waals surface area (Å²) < 4.78 is 0. The Labute approximate surface area is 131 Å². The molecular formula is C15H14ClNO5. The van der Waals surface area contributed by atoms with Gasteiger partial charge in [-0.25, -0.2) is 0 Å². The van der Waals surface area contributed by atoms with Crippen LogP contribution in [0.2, 0.25) is 5.02 Å². The Bertz CT molecular complexity index is 721. The van der Waals surface area contributed by atoms with Crippen LogP contribution in [0.1, 0.15) is 25.0 Å². The van der Waals surface area contributed by atoms with Crippen molar-refractivity contribution in [3.05, 3.63) is 39.9 Å². The molecule has 7 heteroatoms.